The van der Waals surface area contributed by atoms with Crippen LogP contribution in [-0.4, -0.2) is 18.8 Å². The highest BCUT2D eigenvalue weighted by atomic mass is 19.4. The third kappa shape index (κ3) is 3.79. The first-order valence-electron chi connectivity index (χ1n) is 6.28. The van der Waals surface area contributed by atoms with Crippen LogP contribution in [0.3, 0.4) is 0 Å². The minimum atomic E-state index is -4.80. The quantitative estimate of drug-likeness (QED) is 0.837. The van der Waals surface area contributed by atoms with Crippen molar-refractivity contribution in [3.05, 3.63) is 23.8 Å². The van der Waals surface area contributed by atoms with Gasteiger partial charge in [-0.2, -0.15) is 0 Å². The van der Waals surface area contributed by atoms with Crippen molar-refractivity contribution in [2.75, 3.05) is 12.3 Å². The smallest absolute Gasteiger partial charge is 0.404 e. The van der Waals surface area contributed by atoms with E-state index >= 15 is 0 Å². The molecule has 1 aliphatic carbocycles. The fourth-order valence-corrected chi connectivity index (χ4v) is 1.94. The monoisotopic (exact) mass is 288 g/mol. The summed E-state index contributed by atoms with van der Waals surface area (Å²) >= 11 is 0. The van der Waals surface area contributed by atoms with Gasteiger partial charge in [0.15, 0.2) is 5.75 Å². The molecule has 0 radical (unpaired) electrons. The van der Waals surface area contributed by atoms with Crippen LogP contribution in [0.2, 0.25) is 0 Å². The Hall–Kier alpha value is -1.92. The Morgan fingerprint density at radius 1 is 1.40 bits per heavy atom. The van der Waals surface area contributed by atoms with Crippen LogP contribution in [0.15, 0.2) is 18.2 Å². The second-order valence-corrected chi connectivity index (χ2v) is 4.81. The SMILES string of the molecule is Nc1cc(C(=O)NCC2CCC2)ccc1OC(F)(F)F. The van der Waals surface area contributed by atoms with Crippen LogP contribution in [0.4, 0.5) is 18.9 Å². The molecule has 1 aromatic rings. The average Bonchev–Trinajstić information content (AvgIpc) is 2.28. The topological polar surface area (TPSA) is 64.4 Å². The number of alkyl halides is 3. The van der Waals surface area contributed by atoms with Crippen LogP contribution in [0, 0.1) is 5.92 Å². The lowest BCUT2D eigenvalue weighted by molar-refractivity contribution is -0.274. The highest BCUT2D eigenvalue weighted by Gasteiger charge is 2.32. The second kappa shape index (κ2) is 5.60. The standard InChI is InChI=1S/C13H15F3N2O2/c14-13(15,16)20-11-5-4-9(6-10(11)17)12(19)18-7-8-2-1-3-8/h4-6,8H,1-3,7,17H2,(H,18,19). The van der Waals surface area contributed by atoms with Crippen molar-refractivity contribution in [3.8, 4) is 5.75 Å². The molecule has 7 heteroatoms. The molecular weight excluding hydrogens is 273 g/mol. The zero-order chi connectivity index (χ0) is 14.8. The van der Waals surface area contributed by atoms with E-state index in [1.54, 1.807) is 0 Å². The van der Waals surface area contributed by atoms with Gasteiger partial charge < -0.3 is 15.8 Å². The molecule has 0 aromatic heterocycles. The van der Waals surface area contributed by atoms with Gasteiger partial charge in [0.25, 0.3) is 5.91 Å². The maximum absolute atomic E-state index is 12.1. The van der Waals surface area contributed by atoms with Gasteiger partial charge in [-0.05, 0) is 37.0 Å². The van der Waals surface area contributed by atoms with Crippen LogP contribution in [-0.2, 0) is 0 Å². The number of nitrogen functional groups attached to an aromatic ring is 1. The minimum Gasteiger partial charge on any atom is -0.404 e. The average molecular weight is 288 g/mol. The molecular formula is C13H15F3N2O2. The van der Waals surface area contributed by atoms with Crippen molar-refractivity contribution in [3.63, 3.8) is 0 Å². The Bertz CT molecular complexity index is 499. The van der Waals surface area contributed by atoms with Crippen molar-refractivity contribution in [2.24, 2.45) is 5.92 Å². The second-order valence-electron chi connectivity index (χ2n) is 4.81. The summed E-state index contributed by atoms with van der Waals surface area (Å²) < 4.78 is 40.0. The van der Waals surface area contributed by atoms with Crippen molar-refractivity contribution in [1.82, 2.24) is 5.32 Å². The fraction of sp³-hybridized carbons (Fsp3) is 0.462. The predicted octanol–water partition coefficient (Wildman–Crippen LogP) is 2.70. The Morgan fingerprint density at radius 2 is 2.10 bits per heavy atom. The van der Waals surface area contributed by atoms with E-state index in [4.69, 9.17) is 5.73 Å². The van der Waals surface area contributed by atoms with Crippen LogP contribution in [0.1, 0.15) is 29.6 Å². The van der Waals surface area contributed by atoms with Gasteiger partial charge in [-0.25, -0.2) is 0 Å². The highest BCUT2D eigenvalue weighted by Crippen LogP contribution is 2.29. The summed E-state index contributed by atoms with van der Waals surface area (Å²) in [7, 11) is 0. The molecule has 0 unspecified atom stereocenters. The third-order valence-electron chi connectivity index (χ3n) is 3.27. The van der Waals surface area contributed by atoms with Crippen LogP contribution in [0.25, 0.3) is 0 Å². The molecule has 2 rings (SSSR count). The van der Waals surface area contributed by atoms with Crippen LogP contribution >= 0.6 is 0 Å². The normalized spacial score (nSPS) is 15.6. The Labute approximate surface area is 114 Å². The van der Waals surface area contributed by atoms with Gasteiger partial charge >= 0.3 is 6.36 Å². The maximum atomic E-state index is 12.1. The molecule has 0 spiro atoms. The van der Waals surface area contributed by atoms with Gasteiger partial charge in [0, 0.05) is 12.1 Å². The fourth-order valence-electron chi connectivity index (χ4n) is 1.94. The summed E-state index contributed by atoms with van der Waals surface area (Å²) in [6.07, 6.45) is -1.43. The predicted molar refractivity (Wildman–Crippen MR) is 67.2 cm³/mol. The Morgan fingerprint density at radius 3 is 2.60 bits per heavy atom. The maximum Gasteiger partial charge on any atom is 0.573 e. The van der Waals surface area contributed by atoms with Gasteiger partial charge in [-0.1, -0.05) is 6.42 Å². The molecule has 20 heavy (non-hydrogen) atoms. The summed E-state index contributed by atoms with van der Waals surface area (Å²) in [6.45, 7) is 0.583. The van der Waals surface area contributed by atoms with Crippen molar-refractivity contribution in [1.29, 1.82) is 0 Å². The van der Waals surface area contributed by atoms with E-state index in [1.165, 1.54) is 18.6 Å². The number of hydrogen-bond acceptors (Lipinski definition) is 3. The largest absolute Gasteiger partial charge is 0.573 e. The number of rotatable bonds is 4. The van der Waals surface area contributed by atoms with Crippen molar-refractivity contribution >= 4 is 11.6 Å². The number of ether oxygens (including phenoxy) is 1. The molecule has 0 saturated heterocycles. The van der Waals surface area contributed by atoms with Gasteiger partial charge in [0.1, 0.15) is 0 Å². The number of hydrogen-bond donors (Lipinski definition) is 2. The zero-order valence-corrected chi connectivity index (χ0v) is 10.7. The molecule has 0 aliphatic heterocycles. The van der Waals surface area contributed by atoms with Crippen molar-refractivity contribution < 1.29 is 22.7 Å². The number of anilines is 1. The lowest BCUT2D eigenvalue weighted by Crippen LogP contribution is -2.32. The molecule has 1 fully saturated rings. The summed E-state index contributed by atoms with van der Waals surface area (Å²) in [5.41, 5.74) is 5.45. The lowest BCUT2D eigenvalue weighted by atomic mass is 9.85. The van der Waals surface area contributed by atoms with E-state index in [9.17, 15) is 18.0 Å². The summed E-state index contributed by atoms with van der Waals surface area (Å²) in [5, 5.41) is 2.74. The summed E-state index contributed by atoms with van der Waals surface area (Å²) in [4.78, 5) is 11.8. The molecule has 4 nitrogen and oxygen atoms in total. The molecule has 1 saturated carbocycles. The van der Waals surface area contributed by atoms with Crippen molar-refractivity contribution in [2.45, 2.75) is 25.6 Å². The molecule has 110 valence electrons. The minimum absolute atomic E-state index is 0.219. The molecule has 0 atom stereocenters. The van der Waals surface area contributed by atoms with E-state index in [2.05, 4.69) is 10.1 Å². The zero-order valence-electron chi connectivity index (χ0n) is 10.7. The van der Waals surface area contributed by atoms with E-state index in [0.29, 0.717) is 12.5 Å². The number of halogens is 3. The number of nitrogens with two attached hydrogens (primary N) is 1. The lowest BCUT2D eigenvalue weighted by Gasteiger charge is -2.25. The Kier molecular flexibility index (Phi) is 4.06. The Balaban J connectivity index is 1.98. The summed E-state index contributed by atoms with van der Waals surface area (Å²) in [5.74, 6) is -0.348. The van der Waals surface area contributed by atoms with E-state index < -0.39 is 12.1 Å². The van der Waals surface area contributed by atoms with E-state index in [1.807, 2.05) is 0 Å². The number of carbonyl (C=O) groups excluding carboxylic acids is 1. The molecule has 0 heterocycles. The van der Waals surface area contributed by atoms with Gasteiger partial charge in [-0.15, -0.1) is 13.2 Å². The van der Waals surface area contributed by atoms with E-state index in [-0.39, 0.29) is 17.2 Å². The van der Waals surface area contributed by atoms with Crippen LogP contribution < -0.4 is 15.8 Å². The molecule has 0 bridgehead atoms. The first-order chi connectivity index (χ1) is 9.35. The molecule has 1 aliphatic rings. The number of amides is 1. The highest BCUT2D eigenvalue weighted by molar-refractivity contribution is 5.95. The number of carbonyl (C=O) groups is 1. The molecule has 1 amide bonds. The van der Waals surface area contributed by atoms with Gasteiger partial charge in [-0.3, -0.25) is 4.79 Å². The summed E-state index contributed by atoms with van der Waals surface area (Å²) in [6, 6.07) is 3.48. The first-order valence-corrected chi connectivity index (χ1v) is 6.28. The number of benzene rings is 1. The van der Waals surface area contributed by atoms with E-state index in [0.717, 1.165) is 18.9 Å². The van der Waals surface area contributed by atoms with Gasteiger partial charge in [0.05, 0.1) is 5.69 Å². The number of nitrogens with one attached hydrogen (secondary N) is 1. The molecule has 3 N–H and O–H groups in total. The van der Waals surface area contributed by atoms with Gasteiger partial charge in [0.2, 0.25) is 0 Å². The first kappa shape index (κ1) is 14.5. The molecule has 1 aromatic carbocycles. The third-order valence-corrected chi connectivity index (χ3v) is 3.27. The van der Waals surface area contributed by atoms with Crippen LogP contribution in [0.5, 0.6) is 5.75 Å².